The van der Waals surface area contributed by atoms with Crippen molar-refractivity contribution in [3.8, 4) is 0 Å². The van der Waals surface area contributed by atoms with Crippen molar-refractivity contribution in [3.05, 3.63) is 65.7 Å². The number of anilines is 1. The molecule has 1 fully saturated rings. The summed E-state index contributed by atoms with van der Waals surface area (Å²) in [5, 5.41) is 3.17. The highest BCUT2D eigenvalue weighted by molar-refractivity contribution is 7.99. The van der Waals surface area contributed by atoms with E-state index in [1.165, 1.54) is 11.1 Å². The Kier molecular flexibility index (Phi) is 5.34. The minimum Gasteiger partial charge on any atom is -0.399 e. The highest BCUT2D eigenvalue weighted by atomic mass is 32.2. The van der Waals surface area contributed by atoms with Gasteiger partial charge in [-0.05, 0) is 37.6 Å². The Labute approximate surface area is 173 Å². The zero-order valence-electron chi connectivity index (χ0n) is 16.3. The van der Waals surface area contributed by atoms with Crippen LogP contribution in [0.2, 0.25) is 0 Å². The monoisotopic (exact) mass is 410 g/mol. The number of carbonyl (C=O) groups is 2. The molecular weight excluding hydrogens is 388 g/mol. The fourth-order valence-electron chi connectivity index (χ4n) is 3.53. The van der Waals surface area contributed by atoms with Gasteiger partial charge in [0, 0.05) is 35.0 Å². The van der Waals surface area contributed by atoms with E-state index in [0.29, 0.717) is 13.1 Å². The fraction of sp³-hybridized carbons (Fsp3) is 0.273. The largest absolute Gasteiger partial charge is 0.399 e. The molecule has 2 aromatic carbocycles. The Bertz CT molecular complexity index is 969. The first kappa shape index (κ1) is 19.5. The summed E-state index contributed by atoms with van der Waals surface area (Å²) in [5.74, 6) is -2.73. The van der Waals surface area contributed by atoms with Crippen molar-refractivity contribution >= 4 is 29.4 Å². The van der Waals surface area contributed by atoms with Gasteiger partial charge in [0.25, 0.3) is 0 Å². The maximum absolute atomic E-state index is 12.1. The SMILES string of the molecule is Cc1ccc(Sc2ccccc2N2CCNCC23OC(=O)C=CC(=O)O3)c(C)c1. The van der Waals surface area contributed by atoms with Crippen LogP contribution in [0, 0.1) is 13.8 Å². The smallest absolute Gasteiger partial charge is 0.356 e. The van der Waals surface area contributed by atoms with Crippen LogP contribution in [-0.2, 0) is 19.1 Å². The second-order valence-electron chi connectivity index (χ2n) is 7.06. The van der Waals surface area contributed by atoms with Gasteiger partial charge in [0.2, 0.25) is 0 Å². The van der Waals surface area contributed by atoms with Crippen LogP contribution in [0.15, 0.2) is 64.4 Å². The number of carbonyl (C=O) groups excluding carboxylic acids is 2. The van der Waals surface area contributed by atoms with Crippen LogP contribution in [0.4, 0.5) is 5.69 Å². The highest BCUT2D eigenvalue weighted by Gasteiger charge is 2.48. The van der Waals surface area contributed by atoms with Crippen LogP contribution in [0.25, 0.3) is 0 Å². The Morgan fingerprint density at radius 2 is 1.72 bits per heavy atom. The molecule has 1 saturated heterocycles. The van der Waals surface area contributed by atoms with E-state index in [1.807, 2.05) is 29.2 Å². The minimum absolute atomic E-state index is 0.189. The zero-order valence-corrected chi connectivity index (χ0v) is 17.1. The topological polar surface area (TPSA) is 67.9 Å². The molecule has 2 aliphatic rings. The van der Waals surface area contributed by atoms with E-state index >= 15 is 0 Å². The first-order chi connectivity index (χ1) is 14.0. The molecule has 1 N–H and O–H groups in total. The third kappa shape index (κ3) is 4.02. The van der Waals surface area contributed by atoms with Gasteiger partial charge < -0.3 is 14.8 Å². The number of ether oxygens (including phenoxy) is 2. The Morgan fingerprint density at radius 3 is 2.45 bits per heavy atom. The number of nitrogens with zero attached hydrogens (tertiary/aromatic N) is 1. The summed E-state index contributed by atoms with van der Waals surface area (Å²) in [7, 11) is 0. The van der Waals surface area contributed by atoms with Crippen LogP contribution < -0.4 is 10.2 Å². The van der Waals surface area contributed by atoms with Crippen molar-refractivity contribution in [2.24, 2.45) is 0 Å². The maximum Gasteiger partial charge on any atom is 0.356 e. The lowest BCUT2D eigenvalue weighted by molar-refractivity contribution is -0.221. The van der Waals surface area contributed by atoms with E-state index in [-0.39, 0.29) is 6.54 Å². The molecule has 0 atom stereocenters. The normalized spacial score (nSPS) is 18.3. The average molecular weight is 410 g/mol. The van der Waals surface area contributed by atoms with Crippen LogP contribution in [0.3, 0.4) is 0 Å². The van der Waals surface area contributed by atoms with E-state index in [2.05, 4.69) is 37.4 Å². The third-order valence-electron chi connectivity index (χ3n) is 4.85. The van der Waals surface area contributed by atoms with Gasteiger partial charge in [0.05, 0.1) is 12.2 Å². The predicted molar refractivity (Wildman–Crippen MR) is 111 cm³/mol. The van der Waals surface area contributed by atoms with Crippen molar-refractivity contribution < 1.29 is 19.1 Å². The zero-order chi connectivity index (χ0) is 20.4. The first-order valence-corrected chi connectivity index (χ1v) is 10.2. The lowest BCUT2D eigenvalue weighted by atomic mass is 10.2. The number of esters is 2. The van der Waals surface area contributed by atoms with Crippen LogP contribution in [0.1, 0.15) is 11.1 Å². The molecule has 150 valence electrons. The molecular formula is C22H22N2O4S. The second kappa shape index (κ2) is 7.93. The molecule has 0 amide bonds. The summed E-state index contributed by atoms with van der Waals surface area (Å²) in [6.45, 7) is 5.54. The fourth-order valence-corrected chi connectivity index (χ4v) is 4.55. The Balaban J connectivity index is 1.73. The number of rotatable bonds is 3. The predicted octanol–water partition coefficient (Wildman–Crippen LogP) is 3.17. The van der Waals surface area contributed by atoms with Gasteiger partial charge in [0.15, 0.2) is 0 Å². The lowest BCUT2D eigenvalue weighted by Gasteiger charge is -2.45. The molecule has 2 heterocycles. The summed E-state index contributed by atoms with van der Waals surface area (Å²) < 4.78 is 11.2. The maximum atomic E-state index is 12.1. The Hall–Kier alpha value is -2.77. The molecule has 0 unspecified atom stereocenters. The summed E-state index contributed by atoms with van der Waals surface area (Å²) in [6, 6.07) is 14.2. The molecule has 29 heavy (non-hydrogen) atoms. The van der Waals surface area contributed by atoms with E-state index in [1.54, 1.807) is 11.8 Å². The van der Waals surface area contributed by atoms with E-state index < -0.39 is 17.8 Å². The minimum atomic E-state index is -1.52. The van der Waals surface area contributed by atoms with Gasteiger partial charge in [-0.3, -0.25) is 4.90 Å². The number of hydrogen-bond donors (Lipinski definition) is 1. The lowest BCUT2D eigenvalue weighted by Crippen LogP contribution is -2.65. The van der Waals surface area contributed by atoms with Crippen molar-refractivity contribution in [2.45, 2.75) is 29.5 Å². The van der Waals surface area contributed by atoms with Gasteiger partial charge in [-0.2, -0.15) is 0 Å². The third-order valence-corrected chi connectivity index (χ3v) is 6.10. The van der Waals surface area contributed by atoms with Crippen molar-refractivity contribution in [2.75, 3.05) is 24.5 Å². The molecule has 4 rings (SSSR count). The molecule has 2 aliphatic heterocycles. The molecule has 0 radical (unpaired) electrons. The number of piperazine rings is 1. The van der Waals surface area contributed by atoms with E-state index in [0.717, 1.165) is 27.6 Å². The summed E-state index contributed by atoms with van der Waals surface area (Å²) in [6.07, 6.45) is 2.19. The van der Waals surface area contributed by atoms with Crippen molar-refractivity contribution in [1.29, 1.82) is 0 Å². The summed E-state index contributed by atoms with van der Waals surface area (Å²) in [5.41, 5.74) is 3.25. The highest BCUT2D eigenvalue weighted by Crippen LogP contribution is 2.40. The first-order valence-electron chi connectivity index (χ1n) is 9.43. The number of nitrogens with one attached hydrogen (secondary N) is 1. The van der Waals surface area contributed by atoms with E-state index in [9.17, 15) is 9.59 Å². The number of aryl methyl sites for hydroxylation is 2. The van der Waals surface area contributed by atoms with Crippen molar-refractivity contribution in [3.63, 3.8) is 0 Å². The summed E-state index contributed by atoms with van der Waals surface area (Å²) in [4.78, 5) is 28.3. The molecule has 0 bridgehead atoms. The molecule has 1 spiro atoms. The standard InChI is InChI=1S/C22H22N2O4S/c1-15-7-8-18(16(2)13-15)29-19-6-4-3-5-17(19)24-12-11-23-14-22(24)27-20(25)9-10-21(26)28-22/h3-10,13,23H,11-12,14H2,1-2H3. The van der Waals surface area contributed by atoms with Crippen molar-refractivity contribution in [1.82, 2.24) is 5.32 Å². The summed E-state index contributed by atoms with van der Waals surface area (Å²) >= 11 is 1.64. The quantitative estimate of drug-likeness (QED) is 0.780. The van der Waals surface area contributed by atoms with Gasteiger partial charge >= 0.3 is 17.8 Å². The molecule has 0 aromatic heterocycles. The molecule has 0 aliphatic carbocycles. The molecule has 7 heteroatoms. The van der Waals surface area contributed by atoms with Crippen LogP contribution in [-0.4, -0.2) is 37.5 Å². The van der Waals surface area contributed by atoms with Crippen LogP contribution >= 0.6 is 11.8 Å². The molecule has 2 aromatic rings. The second-order valence-corrected chi connectivity index (χ2v) is 8.14. The van der Waals surface area contributed by atoms with Gasteiger partial charge in [0.1, 0.15) is 0 Å². The Morgan fingerprint density at radius 1 is 1.00 bits per heavy atom. The average Bonchev–Trinajstić information content (AvgIpc) is 2.83. The molecule has 0 saturated carbocycles. The van der Waals surface area contributed by atoms with E-state index in [4.69, 9.17) is 9.47 Å². The molecule has 6 nitrogen and oxygen atoms in total. The number of hydrogen-bond acceptors (Lipinski definition) is 7. The number of para-hydroxylation sites is 1. The number of benzene rings is 2. The van der Waals surface area contributed by atoms with Gasteiger partial charge in [-0.15, -0.1) is 0 Å². The van der Waals surface area contributed by atoms with Gasteiger partial charge in [-0.25, -0.2) is 9.59 Å². The van der Waals surface area contributed by atoms with Gasteiger partial charge in [-0.1, -0.05) is 41.6 Å². The van der Waals surface area contributed by atoms with Crippen LogP contribution in [0.5, 0.6) is 0 Å².